The number of aromatic carboxylic acids is 1. The van der Waals surface area contributed by atoms with E-state index in [9.17, 15) is 4.79 Å². The van der Waals surface area contributed by atoms with E-state index < -0.39 is 5.97 Å². The lowest BCUT2D eigenvalue weighted by Gasteiger charge is -2.16. The molecule has 0 fully saturated rings. The number of thiophene rings is 1. The summed E-state index contributed by atoms with van der Waals surface area (Å²) in [7, 11) is 0. The van der Waals surface area contributed by atoms with Crippen LogP contribution in [-0.2, 0) is 0 Å². The first kappa shape index (κ1) is 14.4. The predicted molar refractivity (Wildman–Crippen MR) is 83.6 cm³/mol. The molecule has 1 heterocycles. The molecular weight excluding hydrogens is 272 g/mol. The third-order valence-corrected chi connectivity index (χ3v) is 4.19. The Hall–Kier alpha value is -2.01. The molecule has 1 atom stereocenters. The highest BCUT2D eigenvalue weighted by molar-refractivity contribution is 7.12. The third-order valence-electron chi connectivity index (χ3n) is 3.21. The minimum Gasteiger partial charge on any atom is -0.478 e. The molecule has 4 nitrogen and oxygen atoms in total. The van der Waals surface area contributed by atoms with E-state index in [-0.39, 0.29) is 17.3 Å². The summed E-state index contributed by atoms with van der Waals surface area (Å²) >= 11 is 1.76. The van der Waals surface area contributed by atoms with Gasteiger partial charge in [-0.2, -0.15) is 0 Å². The van der Waals surface area contributed by atoms with Gasteiger partial charge in [0.2, 0.25) is 0 Å². The number of carboxylic acid groups (broad SMARTS) is 1. The van der Waals surface area contributed by atoms with Crippen LogP contribution in [0.4, 0.5) is 11.4 Å². The Labute approximate surface area is 122 Å². The normalized spacial score (nSPS) is 12.2. The molecule has 0 aliphatic carbocycles. The van der Waals surface area contributed by atoms with E-state index in [1.807, 2.05) is 0 Å². The molecule has 1 aromatic carbocycles. The van der Waals surface area contributed by atoms with E-state index in [0.29, 0.717) is 0 Å². The number of nitrogens with two attached hydrogens (primary N) is 1. The number of aryl methyl sites for hydroxylation is 2. The number of hydrogen-bond acceptors (Lipinski definition) is 4. The van der Waals surface area contributed by atoms with E-state index in [4.69, 9.17) is 10.8 Å². The standard InChI is InChI=1S/C15H18N2O2S/c1-8-6-12(10(3)20-8)9(2)17-11-4-5-14(16)13(7-11)15(18)19/h4-7,9,17H,16H2,1-3H3,(H,18,19). The number of carboxylic acids is 1. The van der Waals surface area contributed by atoms with Gasteiger partial charge in [0.15, 0.2) is 0 Å². The van der Waals surface area contributed by atoms with Gasteiger partial charge >= 0.3 is 5.97 Å². The zero-order valence-electron chi connectivity index (χ0n) is 11.7. The van der Waals surface area contributed by atoms with E-state index in [1.165, 1.54) is 15.3 Å². The van der Waals surface area contributed by atoms with Gasteiger partial charge in [-0.05, 0) is 50.6 Å². The summed E-state index contributed by atoms with van der Waals surface area (Å²) in [5.41, 5.74) is 8.05. The molecule has 1 aromatic heterocycles. The molecule has 0 aliphatic rings. The van der Waals surface area contributed by atoms with Gasteiger partial charge in [-0.25, -0.2) is 4.79 Å². The highest BCUT2D eigenvalue weighted by Gasteiger charge is 2.13. The molecule has 0 radical (unpaired) electrons. The van der Waals surface area contributed by atoms with E-state index in [2.05, 4.69) is 32.2 Å². The quantitative estimate of drug-likeness (QED) is 0.748. The molecule has 5 heteroatoms. The molecule has 2 aromatic rings. The van der Waals surface area contributed by atoms with Crippen LogP contribution in [0.1, 0.15) is 38.6 Å². The smallest absolute Gasteiger partial charge is 0.337 e. The Balaban J connectivity index is 2.24. The Kier molecular flexibility index (Phi) is 3.99. The van der Waals surface area contributed by atoms with Crippen molar-refractivity contribution in [3.8, 4) is 0 Å². The number of benzene rings is 1. The second-order valence-corrected chi connectivity index (χ2v) is 6.30. The fourth-order valence-electron chi connectivity index (χ4n) is 2.24. The van der Waals surface area contributed by atoms with Crippen LogP contribution >= 0.6 is 11.3 Å². The molecule has 0 saturated carbocycles. The number of rotatable bonds is 4. The van der Waals surface area contributed by atoms with E-state index in [0.717, 1.165) is 5.69 Å². The van der Waals surface area contributed by atoms with E-state index in [1.54, 1.807) is 29.5 Å². The molecule has 2 rings (SSSR count). The molecule has 0 saturated heterocycles. The van der Waals surface area contributed by atoms with Crippen LogP contribution in [0.2, 0.25) is 0 Å². The molecule has 1 unspecified atom stereocenters. The van der Waals surface area contributed by atoms with Crippen LogP contribution in [0, 0.1) is 13.8 Å². The van der Waals surface area contributed by atoms with Gasteiger partial charge in [0.05, 0.1) is 5.56 Å². The summed E-state index contributed by atoms with van der Waals surface area (Å²) in [6.45, 7) is 6.24. The molecule has 106 valence electrons. The van der Waals surface area contributed by atoms with Crippen molar-refractivity contribution in [3.05, 3.63) is 45.1 Å². The third kappa shape index (κ3) is 2.93. The lowest BCUT2D eigenvalue weighted by atomic mass is 10.1. The second-order valence-electron chi connectivity index (χ2n) is 4.84. The fraction of sp³-hybridized carbons (Fsp3) is 0.267. The number of hydrogen-bond donors (Lipinski definition) is 3. The lowest BCUT2D eigenvalue weighted by Crippen LogP contribution is -2.09. The first-order valence-corrected chi connectivity index (χ1v) is 7.16. The van der Waals surface area contributed by atoms with Crippen LogP contribution in [0.3, 0.4) is 0 Å². The lowest BCUT2D eigenvalue weighted by molar-refractivity contribution is 0.0698. The van der Waals surface area contributed by atoms with Crippen molar-refractivity contribution < 1.29 is 9.90 Å². The van der Waals surface area contributed by atoms with Crippen molar-refractivity contribution in [1.29, 1.82) is 0 Å². The zero-order chi connectivity index (χ0) is 14.9. The molecule has 4 N–H and O–H groups in total. The highest BCUT2D eigenvalue weighted by Crippen LogP contribution is 2.29. The van der Waals surface area contributed by atoms with Crippen molar-refractivity contribution in [2.24, 2.45) is 0 Å². The second kappa shape index (κ2) is 5.54. The van der Waals surface area contributed by atoms with Gasteiger partial charge in [-0.3, -0.25) is 0 Å². The summed E-state index contributed by atoms with van der Waals surface area (Å²) in [5.74, 6) is -1.01. The van der Waals surface area contributed by atoms with Gasteiger partial charge < -0.3 is 16.2 Å². The summed E-state index contributed by atoms with van der Waals surface area (Å²) in [6, 6.07) is 7.26. The molecular formula is C15H18N2O2S. The molecule has 0 bridgehead atoms. The van der Waals surface area contributed by atoms with Crippen LogP contribution in [0.5, 0.6) is 0 Å². The minimum absolute atomic E-state index is 0.116. The van der Waals surface area contributed by atoms with Crippen LogP contribution < -0.4 is 11.1 Å². The molecule has 0 aliphatic heterocycles. The molecule has 20 heavy (non-hydrogen) atoms. The Morgan fingerprint density at radius 1 is 1.35 bits per heavy atom. The van der Waals surface area contributed by atoms with Crippen LogP contribution in [-0.4, -0.2) is 11.1 Å². The topological polar surface area (TPSA) is 75.3 Å². The van der Waals surface area contributed by atoms with Crippen molar-refractivity contribution in [3.63, 3.8) is 0 Å². The first-order chi connectivity index (χ1) is 9.38. The Morgan fingerprint density at radius 3 is 2.60 bits per heavy atom. The van der Waals surface area contributed by atoms with Crippen LogP contribution in [0.15, 0.2) is 24.3 Å². The average molecular weight is 290 g/mol. The largest absolute Gasteiger partial charge is 0.478 e. The number of anilines is 2. The highest BCUT2D eigenvalue weighted by atomic mass is 32.1. The number of carbonyl (C=O) groups is 1. The van der Waals surface area contributed by atoms with Gasteiger partial charge in [-0.1, -0.05) is 0 Å². The van der Waals surface area contributed by atoms with E-state index >= 15 is 0 Å². The molecule has 0 spiro atoms. The maximum atomic E-state index is 11.1. The van der Waals surface area contributed by atoms with Gasteiger partial charge in [-0.15, -0.1) is 11.3 Å². The zero-order valence-corrected chi connectivity index (χ0v) is 12.5. The molecule has 0 amide bonds. The monoisotopic (exact) mass is 290 g/mol. The maximum absolute atomic E-state index is 11.1. The van der Waals surface area contributed by atoms with Crippen molar-refractivity contribution in [1.82, 2.24) is 0 Å². The summed E-state index contributed by atoms with van der Waals surface area (Å²) in [6.07, 6.45) is 0. The van der Waals surface area contributed by atoms with Gasteiger partial charge in [0, 0.05) is 27.2 Å². The number of nitrogens with one attached hydrogen (secondary N) is 1. The maximum Gasteiger partial charge on any atom is 0.337 e. The fourth-order valence-corrected chi connectivity index (χ4v) is 3.26. The summed E-state index contributed by atoms with van der Waals surface area (Å²) in [5, 5.41) is 12.4. The first-order valence-electron chi connectivity index (χ1n) is 6.34. The van der Waals surface area contributed by atoms with Gasteiger partial charge in [0.25, 0.3) is 0 Å². The van der Waals surface area contributed by atoms with Crippen molar-refractivity contribution in [2.75, 3.05) is 11.1 Å². The number of nitrogen functional groups attached to an aromatic ring is 1. The van der Waals surface area contributed by atoms with Crippen molar-refractivity contribution >= 4 is 28.7 Å². The van der Waals surface area contributed by atoms with Crippen molar-refractivity contribution in [2.45, 2.75) is 26.8 Å². The Bertz CT molecular complexity index is 649. The van der Waals surface area contributed by atoms with Crippen LogP contribution in [0.25, 0.3) is 0 Å². The van der Waals surface area contributed by atoms with Gasteiger partial charge in [0.1, 0.15) is 0 Å². The summed E-state index contributed by atoms with van der Waals surface area (Å²) in [4.78, 5) is 13.6. The minimum atomic E-state index is -1.01. The SMILES string of the molecule is Cc1cc(C(C)Nc2ccc(N)c(C(=O)O)c2)c(C)s1. The average Bonchev–Trinajstić information content (AvgIpc) is 2.70. The summed E-state index contributed by atoms with van der Waals surface area (Å²) < 4.78 is 0. The predicted octanol–water partition coefficient (Wildman–Crippen LogP) is 3.82. The Morgan fingerprint density at radius 2 is 2.05 bits per heavy atom.